The molecular weight excluding hydrogens is 502 g/mol. The van der Waals surface area contributed by atoms with Crippen molar-refractivity contribution in [3.05, 3.63) is 83.4 Å². The van der Waals surface area contributed by atoms with Crippen LogP contribution in [-0.2, 0) is 9.59 Å². The predicted molar refractivity (Wildman–Crippen MR) is 159 cm³/mol. The Morgan fingerprint density at radius 2 is 1.85 bits per heavy atom. The zero-order valence-electron chi connectivity index (χ0n) is 23.6. The molecular formula is C33H37N3O4. The number of ether oxygens (including phenoxy) is 1. The molecule has 3 aromatic rings. The number of amides is 1. The molecule has 3 atom stereocenters. The molecule has 7 nitrogen and oxygen atoms in total. The Balaban J connectivity index is 1.62. The molecule has 1 saturated carbocycles. The van der Waals surface area contributed by atoms with Gasteiger partial charge >= 0.3 is 0 Å². The monoisotopic (exact) mass is 539 g/mol. The van der Waals surface area contributed by atoms with Gasteiger partial charge in [-0.2, -0.15) is 0 Å². The Labute approximate surface area is 236 Å². The number of carbonyl (C=O) groups is 2. The first-order chi connectivity index (χ1) is 19.4. The van der Waals surface area contributed by atoms with Gasteiger partial charge in [0.2, 0.25) is 5.91 Å². The number of aliphatic hydroxyl groups excluding tert-OH is 1. The third-order valence-corrected chi connectivity index (χ3v) is 8.22. The number of benzene rings is 3. The summed E-state index contributed by atoms with van der Waals surface area (Å²) < 4.78 is 5.33. The first-order valence-corrected chi connectivity index (χ1v) is 14.0. The van der Waals surface area contributed by atoms with Crippen LogP contribution in [0.4, 0.5) is 17.1 Å². The van der Waals surface area contributed by atoms with E-state index in [1.54, 1.807) is 18.9 Å². The minimum absolute atomic E-state index is 0.00478. The van der Waals surface area contributed by atoms with Gasteiger partial charge in [0.05, 0.1) is 37.1 Å². The second kappa shape index (κ2) is 11.6. The molecule has 0 bridgehead atoms. The standard InChI is InChI=1S/C33H37N3O4/c1-5-35(16-17-37)25-12-15-27(21(2)18-25)33-32-29(34-28-8-6-7-9-30(28)36(33)22(3)38)19-24(20-31(32)39)23-10-13-26(40-4)14-11-23/h6-15,18,24,32-33,37H,5,16-17,19-20H2,1-4H3. The topological polar surface area (TPSA) is 82.4 Å². The fraction of sp³-hybridized carbons (Fsp3) is 0.364. The summed E-state index contributed by atoms with van der Waals surface area (Å²) in [4.78, 5) is 36.5. The summed E-state index contributed by atoms with van der Waals surface area (Å²) in [6, 6.07) is 21.2. The van der Waals surface area contributed by atoms with E-state index < -0.39 is 12.0 Å². The molecule has 1 amide bonds. The van der Waals surface area contributed by atoms with Crippen molar-refractivity contribution >= 4 is 34.5 Å². The van der Waals surface area contributed by atoms with Crippen LogP contribution in [0.3, 0.4) is 0 Å². The van der Waals surface area contributed by atoms with Crippen molar-refractivity contribution in [3.63, 3.8) is 0 Å². The molecule has 0 aromatic heterocycles. The number of carbonyl (C=O) groups excluding carboxylic acids is 2. The second-order valence-electron chi connectivity index (χ2n) is 10.6. The molecule has 1 fully saturated rings. The number of aliphatic imine (C=N–C) groups is 1. The number of likely N-dealkylation sites (N-methyl/N-ethyl adjacent to an activating group) is 1. The third-order valence-electron chi connectivity index (χ3n) is 8.22. The van der Waals surface area contributed by atoms with E-state index in [4.69, 9.17) is 9.73 Å². The lowest BCUT2D eigenvalue weighted by Crippen LogP contribution is -2.45. The minimum Gasteiger partial charge on any atom is -0.497 e. The molecule has 1 heterocycles. The van der Waals surface area contributed by atoms with Crippen LogP contribution in [0.25, 0.3) is 0 Å². The highest BCUT2D eigenvalue weighted by Gasteiger charge is 2.46. The summed E-state index contributed by atoms with van der Waals surface area (Å²) in [5, 5.41) is 9.52. The molecule has 208 valence electrons. The van der Waals surface area contributed by atoms with Gasteiger partial charge in [0, 0.05) is 37.8 Å². The quantitative estimate of drug-likeness (QED) is 0.413. The molecule has 0 spiro atoms. The van der Waals surface area contributed by atoms with E-state index in [0.29, 0.717) is 25.1 Å². The largest absolute Gasteiger partial charge is 0.497 e. The lowest BCUT2D eigenvalue weighted by Gasteiger charge is -2.39. The summed E-state index contributed by atoms with van der Waals surface area (Å²) in [6.45, 7) is 7.02. The van der Waals surface area contributed by atoms with Gasteiger partial charge in [0.1, 0.15) is 11.5 Å². The Morgan fingerprint density at radius 1 is 1.10 bits per heavy atom. The van der Waals surface area contributed by atoms with Crippen molar-refractivity contribution in [1.82, 2.24) is 0 Å². The lowest BCUT2D eigenvalue weighted by atomic mass is 9.71. The fourth-order valence-electron chi connectivity index (χ4n) is 6.27. The van der Waals surface area contributed by atoms with Gasteiger partial charge in [0.15, 0.2) is 0 Å². The van der Waals surface area contributed by atoms with Gasteiger partial charge in [-0.15, -0.1) is 0 Å². The minimum atomic E-state index is -0.546. The molecule has 7 heteroatoms. The Morgan fingerprint density at radius 3 is 2.50 bits per heavy atom. The number of ketones is 1. The molecule has 0 saturated heterocycles. The average Bonchev–Trinajstić information content (AvgIpc) is 3.10. The van der Waals surface area contributed by atoms with E-state index in [2.05, 4.69) is 17.9 Å². The molecule has 5 rings (SSSR count). The van der Waals surface area contributed by atoms with Crippen LogP contribution < -0.4 is 14.5 Å². The number of hydrogen-bond acceptors (Lipinski definition) is 6. The van der Waals surface area contributed by atoms with Crippen LogP contribution >= 0.6 is 0 Å². The fourth-order valence-corrected chi connectivity index (χ4v) is 6.27. The third kappa shape index (κ3) is 5.13. The summed E-state index contributed by atoms with van der Waals surface area (Å²) in [7, 11) is 1.64. The number of rotatable bonds is 7. The Hall–Kier alpha value is -3.97. The highest BCUT2D eigenvalue weighted by molar-refractivity contribution is 6.13. The second-order valence-corrected chi connectivity index (χ2v) is 10.6. The van der Waals surface area contributed by atoms with E-state index in [0.717, 1.165) is 46.1 Å². The number of para-hydroxylation sites is 2. The van der Waals surface area contributed by atoms with Crippen LogP contribution in [0.1, 0.15) is 55.3 Å². The smallest absolute Gasteiger partial charge is 0.224 e. The number of nitrogens with zero attached hydrogens (tertiary/aromatic N) is 3. The predicted octanol–water partition coefficient (Wildman–Crippen LogP) is 5.77. The van der Waals surface area contributed by atoms with Crippen molar-refractivity contribution in [1.29, 1.82) is 0 Å². The summed E-state index contributed by atoms with van der Waals surface area (Å²) >= 11 is 0. The molecule has 2 aliphatic rings. The van der Waals surface area contributed by atoms with E-state index in [9.17, 15) is 14.7 Å². The Kier molecular flexibility index (Phi) is 8.03. The molecule has 1 N–H and O–H groups in total. The highest BCUT2D eigenvalue weighted by atomic mass is 16.5. The zero-order chi connectivity index (χ0) is 28.4. The number of Topliss-reactive ketones (excluding diaryl/α,β-unsaturated/α-hetero) is 1. The lowest BCUT2D eigenvalue weighted by molar-refractivity contribution is -0.123. The van der Waals surface area contributed by atoms with Crippen LogP contribution in [0, 0.1) is 12.8 Å². The van der Waals surface area contributed by atoms with Crippen LogP contribution in [0.2, 0.25) is 0 Å². The molecule has 3 unspecified atom stereocenters. The van der Waals surface area contributed by atoms with Crippen LogP contribution in [0.15, 0.2) is 71.7 Å². The number of aliphatic hydroxyl groups is 1. The molecule has 3 aromatic carbocycles. The maximum Gasteiger partial charge on any atom is 0.224 e. The maximum atomic E-state index is 14.1. The van der Waals surface area contributed by atoms with E-state index in [-0.39, 0.29) is 24.2 Å². The van der Waals surface area contributed by atoms with Crippen molar-refractivity contribution in [2.75, 3.05) is 36.6 Å². The number of aryl methyl sites for hydroxylation is 1. The number of methoxy groups -OCH3 is 1. The van der Waals surface area contributed by atoms with Crippen molar-refractivity contribution in [3.8, 4) is 5.75 Å². The highest BCUT2D eigenvalue weighted by Crippen LogP contribution is 2.48. The SMILES string of the molecule is CCN(CCO)c1ccc(C2C3C(=O)CC(c4ccc(OC)cc4)CC3=Nc3ccccc3N2C(C)=O)c(C)c1. The van der Waals surface area contributed by atoms with Gasteiger partial charge in [0.25, 0.3) is 0 Å². The number of anilines is 2. The van der Waals surface area contributed by atoms with Gasteiger partial charge in [-0.25, -0.2) is 0 Å². The average molecular weight is 540 g/mol. The van der Waals surface area contributed by atoms with E-state index >= 15 is 0 Å². The van der Waals surface area contributed by atoms with Crippen LogP contribution in [-0.4, -0.2) is 49.3 Å². The molecule has 40 heavy (non-hydrogen) atoms. The molecule has 1 aliphatic carbocycles. The van der Waals surface area contributed by atoms with Gasteiger partial charge in [-0.05, 0) is 79.3 Å². The summed E-state index contributed by atoms with van der Waals surface area (Å²) in [5.41, 5.74) is 6.25. The van der Waals surface area contributed by atoms with E-state index in [1.165, 1.54) is 0 Å². The van der Waals surface area contributed by atoms with Crippen LogP contribution in [0.5, 0.6) is 5.75 Å². The molecule has 0 radical (unpaired) electrons. The first kappa shape index (κ1) is 27.6. The summed E-state index contributed by atoms with van der Waals surface area (Å²) in [6.07, 6.45) is 1.02. The van der Waals surface area contributed by atoms with Crippen molar-refractivity contribution in [2.45, 2.75) is 45.6 Å². The van der Waals surface area contributed by atoms with Gasteiger partial charge in [-0.3, -0.25) is 14.6 Å². The maximum absolute atomic E-state index is 14.1. The van der Waals surface area contributed by atoms with Crippen molar-refractivity contribution in [2.24, 2.45) is 10.9 Å². The summed E-state index contributed by atoms with van der Waals surface area (Å²) in [5.74, 6) is 0.202. The van der Waals surface area contributed by atoms with Gasteiger partial charge < -0.3 is 19.6 Å². The number of hydrogen-bond donors (Lipinski definition) is 1. The normalized spacial score (nSPS) is 20.2. The van der Waals surface area contributed by atoms with E-state index in [1.807, 2.05) is 67.6 Å². The zero-order valence-corrected chi connectivity index (χ0v) is 23.6. The molecule has 1 aliphatic heterocycles. The first-order valence-electron chi connectivity index (χ1n) is 14.0. The Bertz CT molecular complexity index is 1430. The van der Waals surface area contributed by atoms with Crippen molar-refractivity contribution < 1.29 is 19.4 Å². The van der Waals surface area contributed by atoms with Gasteiger partial charge in [-0.1, -0.05) is 30.3 Å². The number of fused-ring (bicyclic) bond motifs is 2.